The highest BCUT2D eigenvalue weighted by Gasteiger charge is 2.09. The fourth-order valence-corrected chi connectivity index (χ4v) is 2.47. The van der Waals surface area contributed by atoms with Crippen LogP contribution in [-0.4, -0.2) is 26.7 Å². The Labute approximate surface area is 127 Å². The molecule has 0 aliphatic rings. The molecule has 5 nitrogen and oxygen atoms in total. The summed E-state index contributed by atoms with van der Waals surface area (Å²) in [6, 6.07) is 10.5. The van der Waals surface area contributed by atoms with Crippen LogP contribution in [0.2, 0.25) is 5.28 Å². The maximum atomic E-state index is 5.91. The molecular formula is C15H16ClN5. The van der Waals surface area contributed by atoms with Crippen molar-refractivity contribution in [1.82, 2.24) is 20.2 Å². The standard InChI is InChI=1S/C15H16ClN5/c1-10(11-5-3-2-4-6-11)7-8-17-13-12-9-18-21-14(12)20-15(16)19-13/h2-6,9-10H,7-8H2,1H3,(H2,17,18,19,20,21). The molecule has 3 aromatic rings. The number of H-pyrrole nitrogens is 1. The monoisotopic (exact) mass is 301 g/mol. The van der Waals surface area contributed by atoms with Crippen LogP contribution in [0, 0.1) is 0 Å². The third kappa shape index (κ3) is 3.13. The quantitative estimate of drug-likeness (QED) is 0.706. The molecule has 1 aromatic carbocycles. The number of benzene rings is 1. The molecule has 1 atom stereocenters. The van der Waals surface area contributed by atoms with Gasteiger partial charge in [-0.3, -0.25) is 5.10 Å². The molecule has 0 spiro atoms. The van der Waals surface area contributed by atoms with Crippen LogP contribution in [0.3, 0.4) is 0 Å². The van der Waals surface area contributed by atoms with Gasteiger partial charge in [0.1, 0.15) is 5.82 Å². The van der Waals surface area contributed by atoms with E-state index in [0.717, 1.165) is 24.2 Å². The average Bonchev–Trinajstić information content (AvgIpc) is 2.96. The van der Waals surface area contributed by atoms with Gasteiger partial charge >= 0.3 is 0 Å². The van der Waals surface area contributed by atoms with Gasteiger partial charge in [-0.25, -0.2) is 0 Å². The number of rotatable bonds is 5. The molecule has 3 rings (SSSR count). The Kier molecular flexibility index (Phi) is 4.01. The van der Waals surface area contributed by atoms with Crippen molar-refractivity contribution >= 4 is 28.5 Å². The highest BCUT2D eigenvalue weighted by molar-refractivity contribution is 6.28. The molecule has 0 amide bonds. The van der Waals surface area contributed by atoms with Gasteiger partial charge in [-0.1, -0.05) is 37.3 Å². The Morgan fingerprint density at radius 2 is 2.05 bits per heavy atom. The van der Waals surface area contributed by atoms with Gasteiger partial charge in [0.2, 0.25) is 5.28 Å². The number of halogens is 1. The second kappa shape index (κ2) is 6.10. The molecule has 6 heteroatoms. The summed E-state index contributed by atoms with van der Waals surface area (Å²) in [5, 5.41) is 11.2. The van der Waals surface area contributed by atoms with E-state index in [1.165, 1.54) is 5.56 Å². The number of nitrogens with zero attached hydrogens (tertiary/aromatic N) is 3. The van der Waals surface area contributed by atoms with Crippen molar-refractivity contribution in [1.29, 1.82) is 0 Å². The first kappa shape index (κ1) is 13.8. The molecule has 0 radical (unpaired) electrons. The zero-order valence-corrected chi connectivity index (χ0v) is 12.4. The van der Waals surface area contributed by atoms with Crippen molar-refractivity contribution < 1.29 is 0 Å². The third-order valence-electron chi connectivity index (χ3n) is 3.52. The molecular weight excluding hydrogens is 286 g/mol. The highest BCUT2D eigenvalue weighted by atomic mass is 35.5. The summed E-state index contributed by atoms with van der Waals surface area (Å²) in [6.45, 7) is 3.03. The van der Waals surface area contributed by atoms with Gasteiger partial charge in [0, 0.05) is 6.54 Å². The molecule has 0 aliphatic heterocycles. The summed E-state index contributed by atoms with van der Waals surface area (Å²) < 4.78 is 0. The Bertz CT molecular complexity index is 725. The van der Waals surface area contributed by atoms with E-state index < -0.39 is 0 Å². The zero-order valence-electron chi connectivity index (χ0n) is 11.7. The third-order valence-corrected chi connectivity index (χ3v) is 3.69. The number of hydrogen-bond acceptors (Lipinski definition) is 4. The van der Waals surface area contributed by atoms with Crippen LogP contribution in [0.15, 0.2) is 36.5 Å². The molecule has 0 saturated heterocycles. The first-order chi connectivity index (χ1) is 10.2. The van der Waals surface area contributed by atoms with E-state index in [1.807, 2.05) is 6.07 Å². The van der Waals surface area contributed by atoms with E-state index in [9.17, 15) is 0 Å². The molecule has 2 heterocycles. The number of nitrogens with one attached hydrogen (secondary N) is 2. The summed E-state index contributed by atoms with van der Waals surface area (Å²) in [4.78, 5) is 8.31. The zero-order chi connectivity index (χ0) is 14.7. The number of anilines is 1. The molecule has 0 saturated carbocycles. The normalized spacial score (nSPS) is 12.5. The lowest BCUT2D eigenvalue weighted by molar-refractivity contribution is 0.705. The summed E-state index contributed by atoms with van der Waals surface area (Å²) >= 11 is 5.91. The van der Waals surface area contributed by atoms with Gasteiger partial charge < -0.3 is 5.32 Å². The minimum atomic E-state index is 0.213. The minimum absolute atomic E-state index is 0.213. The van der Waals surface area contributed by atoms with Crippen LogP contribution in [0.1, 0.15) is 24.8 Å². The lowest BCUT2D eigenvalue weighted by Gasteiger charge is -2.13. The van der Waals surface area contributed by atoms with Gasteiger partial charge in [0.15, 0.2) is 5.65 Å². The Hall–Kier alpha value is -2.14. The van der Waals surface area contributed by atoms with Gasteiger partial charge in [-0.2, -0.15) is 15.1 Å². The van der Waals surface area contributed by atoms with Crippen molar-refractivity contribution in [2.75, 3.05) is 11.9 Å². The Balaban J connectivity index is 1.66. The second-order valence-electron chi connectivity index (χ2n) is 5.00. The van der Waals surface area contributed by atoms with Crippen LogP contribution < -0.4 is 5.32 Å². The number of fused-ring (bicyclic) bond motifs is 1. The SMILES string of the molecule is CC(CCNc1nc(Cl)nc2[nH]ncc12)c1ccccc1. The molecule has 2 N–H and O–H groups in total. The molecule has 108 valence electrons. The lowest BCUT2D eigenvalue weighted by Crippen LogP contribution is -2.08. The molecule has 1 unspecified atom stereocenters. The van der Waals surface area contributed by atoms with E-state index in [0.29, 0.717) is 11.6 Å². The maximum absolute atomic E-state index is 5.91. The van der Waals surface area contributed by atoms with Crippen LogP contribution in [0.4, 0.5) is 5.82 Å². The Morgan fingerprint density at radius 1 is 1.24 bits per heavy atom. The topological polar surface area (TPSA) is 66.5 Å². The highest BCUT2D eigenvalue weighted by Crippen LogP contribution is 2.22. The van der Waals surface area contributed by atoms with Gasteiger partial charge in [0.05, 0.1) is 11.6 Å². The van der Waals surface area contributed by atoms with Gasteiger partial charge in [-0.05, 0) is 29.5 Å². The second-order valence-corrected chi connectivity index (χ2v) is 5.34. The lowest BCUT2D eigenvalue weighted by atomic mass is 9.98. The predicted octanol–water partition coefficient (Wildman–Crippen LogP) is 3.61. The minimum Gasteiger partial charge on any atom is -0.369 e. The maximum Gasteiger partial charge on any atom is 0.226 e. The van der Waals surface area contributed by atoms with Crippen molar-refractivity contribution in [2.24, 2.45) is 0 Å². The van der Waals surface area contributed by atoms with Crippen molar-refractivity contribution in [3.05, 3.63) is 47.4 Å². The fourth-order valence-electron chi connectivity index (χ4n) is 2.30. The van der Waals surface area contributed by atoms with Gasteiger partial charge in [-0.15, -0.1) is 0 Å². The first-order valence-corrected chi connectivity index (χ1v) is 7.27. The number of aromatic nitrogens is 4. The summed E-state index contributed by atoms with van der Waals surface area (Å²) in [7, 11) is 0. The number of aromatic amines is 1. The summed E-state index contributed by atoms with van der Waals surface area (Å²) in [6.07, 6.45) is 2.71. The summed E-state index contributed by atoms with van der Waals surface area (Å²) in [5.74, 6) is 1.20. The molecule has 0 bridgehead atoms. The van der Waals surface area contributed by atoms with E-state index in [1.54, 1.807) is 6.20 Å². The molecule has 0 fully saturated rings. The molecule has 0 aliphatic carbocycles. The smallest absolute Gasteiger partial charge is 0.226 e. The Morgan fingerprint density at radius 3 is 2.86 bits per heavy atom. The largest absolute Gasteiger partial charge is 0.369 e. The first-order valence-electron chi connectivity index (χ1n) is 6.89. The predicted molar refractivity (Wildman–Crippen MR) is 84.7 cm³/mol. The molecule has 21 heavy (non-hydrogen) atoms. The summed E-state index contributed by atoms with van der Waals surface area (Å²) in [5.41, 5.74) is 1.99. The van der Waals surface area contributed by atoms with Crippen LogP contribution >= 0.6 is 11.6 Å². The van der Waals surface area contributed by atoms with Crippen LogP contribution in [0.5, 0.6) is 0 Å². The van der Waals surface area contributed by atoms with Crippen LogP contribution in [0.25, 0.3) is 11.0 Å². The van der Waals surface area contributed by atoms with E-state index in [2.05, 4.69) is 56.7 Å². The van der Waals surface area contributed by atoms with Crippen molar-refractivity contribution in [3.8, 4) is 0 Å². The van der Waals surface area contributed by atoms with E-state index in [-0.39, 0.29) is 5.28 Å². The van der Waals surface area contributed by atoms with Crippen LogP contribution in [-0.2, 0) is 0 Å². The fraction of sp³-hybridized carbons (Fsp3) is 0.267. The van der Waals surface area contributed by atoms with E-state index in [4.69, 9.17) is 11.6 Å². The van der Waals surface area contributed by atoms with Gasteiger partial charge in [0.25, 0.3) is 0 Å². The molecule has 2 aromatic heterocycles. The van der Waals surface area contributed by atoms with E-state index >= 15 is 0 Å². The number of hydrogen-bond donors (Lipinski definition) is 2. The van der Waals surface area contributed by atoms with Crippen molar-refractivity contribution in [2.45, 2.75) is 19.3 Å². The average molecular weight is 302 g/mol. The van der Waals surface area contributed by atoms with Crippen molar-refractivity contribution in [3.63, 3.8) is 0 Å².